The number of hydrogen-bond donors (Lipinski definition) is 1. The summed E-state index contributed by atoms with van der Waals surface area (Å²) in [5.74, 6) is -0.0730. The predicted molar refractivity (Wildman–Crippen MR) is 65.0 cm³/mol. The van der Waals surface area contributed by atoms with Crippen LogP contribution < -0.4 is 10.5 Å². The Morgan fingerprint density at radius 3 is 2.56 bits per heavy atom. The maximum absolute atomic E-state index is 13.7. The first-order valence-corrected chi connectivity index (χ1v) is 6.18. The number of halogens is 2. The van der Waals surface area contributed by atoms with E-state index < -0.39 is 5.54 Å². The zero-order valence-corrected chi connectivity index (χ0v) is 10.8. The molecule has 0 saturated heterocycles. The molecule has 0 aliphatic heterocycles. The van der Waals surface area contributed by atoms with Crippen LogP contribution >= 0.6 is 15.9 Å². The molecule has 0 spiro atoms. The van der Waals surface area contributed by atoms with Crippen LogP contribution in [0.4, 0.5) is 4.39 Å². The third-order valence-electron chi connectivity index (χ3n) is 3.24. The zero-order chi connectivity index (χ0) is 11.8. The fourth-order valence-electron chi connectivity index (χ4n) is 2.41. The molecule has 1 aromatic rings. The second-order valence-electron chi connectivity index (χ2n) is 4.33. The van der Waals surface area contributed by atoms with Gasteiger partial charge in [0.15, 0.2) is 11.6 Å². The van der Waals surface area contributed by atoms with Crippen molar-refractivity contribution < 1.29 is 9.13 Å². The fourth-order valence-corrected chi connectivity index (χ4v) is 2.84. The predicted octanol–water partition coefficient (Wildman–Crippen LogP) is 3.32. The third kappa shape index (κ3) is 1.96. The second kappa shape index (κ2) is 4.34. The van der Waals surface area contributed by atoms with Crippen molar-refractivity contribution in [2.24, 2.45) is 5.73 Å². The highest BCUT2D eigenvalue weighted by Crippen LogP contribution is 2.42. The summed E-state index contributed by atoms with van der Waals surface area (Å²) in [6, 6.07) is 3.27. The lowest BCUT2D eigenvalue weighted by atomic mass is 9.88. The minimum absolute atomic E-state index is 0.285. The first-order chi connectivity index (χ1) is 7.57. The smallest absolute Gasteiger partial charge is 0.166 e. The van der Waals surface area contributed by atoms with Crippen LogP contribution in [0, 0.1) is 5.82 Å². The average Bonchev–Trinajstić information content (AvgIpc) is 2.65. The maximum Gasteiger partial charge on any atom is 0.166 e. The van der Waals surface area contributed by atoms with Gasteiger partial charge in [-0.2, -0.15) is 0 Å². The van der Waals surface area contributed by atoms with Crippen LogP contribution in [0.1, 0.15) is 31.2 Å². The maximum atomic E-state index is 13.7. The van der Waals surface area contributed by atoms with E-state index >= 15 is 0 Å². The van der Waals surface area contributed by atoms with Crippen LogP contribution in [0.2, 0.25) is 0 Å². The van der Waals surface area contributed by atoms with Crippen molar-refractivity contribution >= 4 is 15.9 Å². The highest BCUT2D eigenvalue weighted by molar-refractivity contribution is 9.10. The van der Waals surface area contributed by atoms with Crippen LogP contribution in [0.5, 0.6) is 5.75 Å². The van der Waals surface area contributed by atoms with E-state index in [1.807, 2.05) is 6.07 Å². The summed E-state index contributed by atoms with van der Waals surface area (Å²) in [6.07, 6.45) is 3.96. The Balaban J connectivity index is 2.53. The number of nitrogens with two attached hydrogens (primary N) is 1. The van der Waals surface area contributed by atoms with Gasteiger partial charge in [-0.3, -0.25) is 0 Å². The third-order valence-corrected chi connectivity index (χ3v) is 3.70. The quantitative estimate of drug-likeness (QED) is 0.906. The molecule has 0 aromatic heterocycles. The van der Waals surface area contributed by atoms with Gasteiger partial charge in [0.25, 0.3) is 0 Å². The van der Waals surface area contributed by atoms with Crippen molar-refractivity contribution in [3.05, 3.63) is 28.0 Å². The van der Waals surface area contributed by atoms with Crippen molar-refractivity contribution in [2.45, 2.75) is 31.2 Å². The number of hydrogen-bond acceptors (Lipinski definition) is 2. The largest absolute Gasteiger partial charge is 0.493 e. The van der Waals surface area contributed by atoms with Crippen LogP contribution in [-0.4, -0.2) is 7.11 Å². The molecule has 0 amide bonds. The van der Waals surface area contributed by atoms with Gasteiger partial charge in [0.2, 0.25) is 0 Å². The van der Waals surface area contributed by atoms with Crippen molar-refractivity contribution in [1.82, 2.24) is 0 Å². The summed E-state index contributed by atoms with van der Waals surface area (Å²) >= 11 is 3.30. The zero-order valence-electron chi connectivity index (χ0n) is 9.22. The Labute approximate surface area is 103 Å². The molecule has 4 heteroatoms. The summed E-state index contributed by atoms with van der Waals surface area (Å²) in [6.45, 7) is 0. The highest BCUT2D eigenvalue weighted by atomic mass is 79.9. The molecule has 1 saturated carbocycles. The van der Waals surface area contributed by atoms with Gasteiger partial charge in [0, 0.05) is 15.6 Å². The fraction of sp³-hybridized carbons (Fsp3) is 0.500. The van der Waals surface area contributed by atoms with Crippen LogP contribution in [0.3, 0.4) is 0 Å². The molecular formula is C12H15BrFNO. The number of rotatable bonds is 2. The lowest BCUT2D eigenvalue weighted by Crippen LogP contribution is -2.33. The summed E-state index contributed by atoms with van der Waals surface area (Å²) in [7, 11) is 1.48. The first-order valence-electron chi connectivity index (χ1n) is 5.39. The lowest BCUT2D eigenvalue weighted by Gasteiger charge is -2.26. The Morgan fingerprint density at radius 1 is 1.38 bits per heavy atom. The van der Waals surface area contributed by atoms with Gasteiger partial charge in [-0.15, -0.1) is 0 Å². The van der Waals surface area contributed by atoms with Gasteiger partial charge in [0.1, 0.15) is 0 Å². The lowest BCUT2D eigenvalue weighted by molar-refractivity contribution is 0.356. The molecule has 88 valence electrons. The molecule has 1 aliphatic rings. The van der Waals surface area contributed by atoms with Crippen molar-refractivity contribution in [3.63, 3.8) is 0 Å². The summed E-state index contributed by atoms with van der Waals surface area (Å²) in [5, 5.41) is 0. The monoisotopic (exact) mass is 287 g/mol. The highest BCUT2D eigenvalue weighted by Gasteiger charge is 2.35. The van der Waals surface area contributed by atoms with Crippen LogP contribution in [0.25, 0.3) is 0 Å². The van der Waals surface area contributed by atoms with Gasteiger partial charge in [-0.1, -0.05) is 28.8 Å². The van der Waals surface area contributed by atoms with E-state index in [2.05, 4.69) is 15.9 Å². The normalized spacial score (nSPS) is 18.8. The minimum Gasteiger partial charge on any atom is -0.493 e. The Hall–Kier alpha value is -0.610. The SMILES string of the molecule is COc1c(F)cc(Br)cc1C1(N)CCCC1. The molecule has 0 radical (unpaired) electrons. The molecule has 1 fully saturated rings. The van der Waals surface area contributed by atoms with Crippen LogP contribution in [-0.2, 0) is 5.54 Å². The van der Waals surface area contributed by atoms with Crippen molar-refractivity contribution in [1.29, 1.82) is 0 Å². The van der Waals surface area contributed by atoms with Crippen molar-refractivity contribution in [3.8, 4) is 5.75 Å². The van der Waals surface area contributed by atoms with E-state index in [0.29, 0.717) is 4.47 Å². The summed E-state index contributed by atoms with van der Waals surface area (Å²) in [4.78, 5) is 0. The number of benzene rings is 1. The topological polar surface area (TPSA) is 35.2 Å². The van der Waals surface area contributed by atoms with E-state index in [9.17, 15) is 4.39 Å². The van der Waals surface area contributed by atoms with E-state index in [-0.39, 0.29) is 11.6 Å². The Kier molecular flexibility index (Phi) is 3.22. The molecule has 2 nitrogen and oxygen atoms in total. The molecule has 0 atom stereocenters. The van der Waals surface area contributed by atoms with Gasteiger partial charge >= 0.3 is 0 Å². The average molecular weight is 288 g/mol. The molecular weight excluding hydrogens is 273 g/mol. The molecule has 0 bridgehead atoms. The Bertz CT molecular complexity index is 402. The molecule has 0 unspecified atom stereocenters. The van der Waals surface area contributed by atoms with Gasteiger partial charge in [-0.05, 0) is 25.0 Å². The number of methoxy groups -OCH3 is 1. The van der Waals surface area contributed by atoms with E-state index in [0.717, 1.165) is 31.2 Å². The molecule has 0 heterocycles. The molecule has 1 aromatic carbocycles. The standard InChI is InChI=1S/C12H15BrFNO/c1-16-11-9(6-8(13)7-10(11)14)12(15)4-2-3-5-12/h6-7H,2-5,15H2,1H3. The first kappa shape index (κ1) is 11.9. The minimum atomic E-state index is -0.435. The van der Waals surface area contributed by atoms with Gasteiger partial charge in [-0.25, -0.2) is 4.39 Å². The van der Waals surface area contributed by atoms with Crippen molar-refractivity contribution in [2.75, 3.05) is 7.11 Å². The molecule has 2 N–H and O–H groups in total. The van der Waals surface area contributed by atoms with E-state index in [1.54, 1.807) is 0 Å². The second-order valence-corrected chi connectivity index (χ2v) is 5.25. The van der Waals surface area contributed by atoms with E-state index in [4.69, 9.17) is 10.5 Å². The summed E-state index contributed by atoms with van der Waals surface area (Å²) in [5.41, 5.74) is 6.67. The van der Waals surface area contributed by atoms with Gasteiger partial charge < -0.3 is 10.5 Å². The molecule has 1 aliphatic carbocycles. The molecule has 16 heavy (non-hydrogen) atoms. The number of ether oxygens (including phenoxy) is 1. The van der Waals surface area contributed by atoms with E-state index in [1.165, 1.54) is 13.2 Å². The Morgan fingerprint density at radius 2 is 2.00 bits per heavy atom. The molecule has 2 rings (SSSR count). The summed E-state index contributed by atoms with van der Waals surface area (Å²) < 4.78 is 19.6. The van der Waals surface area contributed by atoms with Gasteiger partial charge in [0.05, 0.1) is 7.11 Å². The van der Waals surface area contributed by atoms with Crippen LogP contribution in [0.15, 0.2) is 16.6 Å².